The molecule has 3 heteroatoms. The van der Waals surface area contributed by atoms with Gasteiger partial charge in [0.1, 0.15) is 5.60 Å². The highest BCUT2D eigenvalue weighted by Gasteiger charge is 2.31. The molecule has 2 atom stereocenters. The first-order valence-electron chi connectivity index (χ1n) is 5.75. The van der Waals surface area contributed by atoms with Crippen molar-refractivity contribution in [3.63, 3.8) is 0 Å². The molecule has 0 aromatic carbocycles. The topological polar surface area (TPSA) is 38.7 Å². The summed E-state index contributed by atoms with van der Waals surface area (Å²) in [5.41, 5.74) is -0.892. The van der Waals surface area contributed by atoms with Crippen LogP contribution in [0.3, 0.4) is 0 Å². The fraction of sp³-hybridized carbons (Fsp3) is 1.00. The van der Waals surface area contributed by atoms with Gasteiger partial charge in [0.05, 0.1) is 0 Å². The fourth-order valence-corrected chi connectivity index (χ4v) is 1.73. The van der Waals surface area contributed by atoms with Crippen LogP contribution >= 0.6 is 0 Å². The average Bonchev–Trinajstić information content (AvgIpc) is 2.18. The average molecular weight is 218 g/mol. The van der Waals surface area contributed by atoms with Gasteiger partial charge in [0.25, 0.3) is 0 Å². The molecular weight excluding hydrogens is 192 g/mol. The number of hydrogen-bond donors (Lipinski definition) is 1. The minimum Gasteiger partial charge on any atom is -0.385 e. The Morgan fingerprint density at radius 1 is 1.27 bits per heavy atom. The summed E-state index contributed by atoms with van der Waals surface area (Å²) in [5.74, 6) is 0.726. The molecule has 0 heterocycles. The van der Waals surface area contributed by atoms with Gasteiger partial charge < -0.3 is 14.6 Å². The van der Waals surface area contributed by atoms with Crippen molar-refractivity contribution in [3.05, 3.63) is 0 Å². The predicted octanol–water partition coefficient (Wildman–Crippen LogP) is 2.57. The zero-order chi connectivity index (χ0) is 11.9. The van der Waals surface area contributed by atoms with Gasteiger partial charge in [-0.15, -0.1) is 0 Å². The zero-order valence-corrected chi connectivity index (χ0v) is 10.7. The van der Waals surface area contributed by atoms with Crippen molar-refractivity contribution in [1.29, 1.82) is 0 Å². The SMILES string of the molecule is CCC(C)CCCC(C)(O)C(OC)OC. The highest BCUT2D eigenvalue weighted by Crippen LogP contribution is 2.22. The standard InChI is InChI=1S/C12H26O3/c1-6-10(2)8-7-9-12(3,13)11(14-4)15-5/h10-11,13H,6-9H2,1-5H3. The number of aliphatic hydroxyl groups is 1. The summed E-state index contributed by atoms with van der Waals surface area (Å²) in [4.78, 5) is 0. The lowest BCUT2D eigenvalue weighted by Gasteiger charge is -2.30. The molecule has 92 valence electrons. The Morgan fingerprint density at radius 3 is 2.20 bits per heavy atom. The van der Waals surface area contributed by atoms with Gasteiger partial charge in [0, 0.05) is 14.2 Å². The summed E-state index contributed by atoms with van der Waals surface area (Å²) in [6.07, 6.45) is 3.52. The predicted molar refractivity (Wildman–Crippen MR) is 61.7 cm³/mol. The molecular formula is C12H26O3. The largest absolute Gasteiger partial charge is 0.385 e. The molecule has 2 unspecified atom stereocenters. The molecule has 0 aliphatic rings. The quantitative estimate of drug-likeness (QED) is 0.636. The molecule has 0 bridgehead atoms. The summed E-state index contributed by atoms with van der Waals surface area (Å²) in [5, 5.41) is 10.1. The van der Waals surface area contributed by atoms with Crippen LogP contribution in [0.5, 0.6) is 0 Å². The van der Waals surface area contributed by atoms with E-state index in [9.17, 15) is 5.11 Å². The number of ether oxygens (including phenoxy) is 2. The maximum atomic E-state index is 10.1. The van der Waals surface area contributed by atoms with Crippen LogP contribution < -0.4 is 0 Å². The molecule has 0 aromatic heterocycles. The number of rotatable bonds is 8. The Morgan fingerprint density at radius 2 is 1.80 bits per heavy atom. The molecule has 0 aliphatic heterocycles. The second-order valence-corrected chi connectivity index (χ2v) is 4.57. The summed E-state index contributed by atoms with van der Waals surface area (Å²) >= 11 is 0. The van der Waals surface area contributed by atoms with Gasteiger partial charge in [0.2, 0.25) is 0 Å². The second-order valence-electron chi connectivity index (χ2n) is 4.57. The van der Waals surface area contributed by atoms with E-state index in [1.54, 1.807) is 21.1 Å². The van der Waals surface area contributed by atoms with Crippen LogP contribution in [0.4, 0.5) is 0 Å². The minimum absolute atomic E-state index is 0.533. The summed E-state index contributed by atoms with van der Waals surface area (Å²) < 4.78 is 10.2. The van der Waals surface area contributed by atoms with E-state index in [2.05, 4.69) is 13.8 Å². The Balaban J connectivity index is 3.91. The third-order valence-corrected chi connectivity index (χ3v) is 3.01. The molecule has 3 nitrogen and oxygen atoms in total. The molecule has 0 aromatic rings. The van der Waals surface area contributed by atoms with E-state index in [0.29, 0.717) is 6.42 Å². The molecule has 0 saturated heterocycles. The first-order valence-corrected chi connectivity index (χ1v) is 5.75. The summed E-state index contributed by atoms with van der Waals surface area (Å²) in [6, 6.07) is 0. The molecule has 15 heavy (non-hydrogen) atoms. The third-order valence-electron chi connectivity index (χ3n) is 3.01. The van der Waals surface area contributed by atoms with Crippen LogP contribution in [0.25, 0.3) is 0 Å². The minimum atomic E-state index is -0.892. The van der Waals surface area contributed by atoms with Gasteiger partial charge in [-0.05, 0) is 19.3 Å². The van der Waals surface area contributed by atoms with Crippen LogP contribution in [-0.2, 0) is 9.47 Å². The molecule has 0 rings (SSSR count). The first-order chi connectivity index (χ1) is 6.97. The Hall–Kier alpha value is -0.120. The highest BCUT2D eigenvalue weighted by atomic mass is 16.7. The van der Waals surface area contributed by atoms with E-state index in [0.717, 1.165) is 18.8 Å². The summed E-state index contributed by atoms with van der Waals surface area (Å²) in [7, 11) is 3.11. The van der Waals surface area contributed by atoms with Crippen LogP contribution in [-0.4, -0.2) is 31.2 Å². The molecule has 0 saturated carbocycles. The van der Waals surface area contributed by atoms with Crippen LogP contribution in [0, 0.1) is 5.92 Å². The van der Waals surface area contributed by atoms with Gasteiger partial charge in [-0.3, -0.25) is 0 Å². The lowest BCUT2D eigenvalue weighted by molar-refractivity contribution is -0.210. The van der Waals surface area contributed by atoms with E-state index in [-0.39, 0.29) is 0 Å². The summed E-state index contributed by atoms with van der Waals surface area (Å²) in [6.45, 7) is 6.19. The van der Waals surface area contributed by atoms with Crippen molar-refractivity contribution in [2.75, 3.05) is 14.2 Å². The molecule has 0 spiro atoms. The Kier molecular flexibility index (Phi) is 7.14. The monoisotopic (exact) mass is 218 g/mol. The van der Waals surface area contributed by atoms with E-state index < -0.39 is 11.9 Å². The molecule has 0 aliphatic carbocycles. The van der Waals surface area contributed by atoms with Crippen LogP contribution in [0.15, 0.2) is 0 Å². The maximum Gasteiger partial charge on any atom is 0.185 e. The van der Waals surface area contributed by atoms with E-state index in [1.165, 1.54) is 6.42 Å². The van der Waals surface area contributed by atoms with Crippen molar-refractivity contribution in [3.8, 4) is 0 Å². The third kappa shape index (κ3) is 5.50. The van der Waals surface area contributed by atoms with E-state index in [1.807, 2.05) is 0 Å². The molecule has 0 fully saturated rings. The lowest BCUT2D eigenvalue weighted by atomic mass is 9.94. The smallest absolute Gasteiger partial charge is 0.185 e. The van der Waals surface area contributed by atoms with Gasteiger partial charge in [-0.1, -0.05) is 33.1 Å². The van der Waals surface area contributed by atoms with Gasteiger partial charge in [-0.2, -0.15) is 0 Å². The molecule has 0 radical (unpaired) electrons. The lowest BCUT2D eigenvalue weighted by Crippen LogP contribution is -2.41. The van der Waals surface area contributed by atoms with Gasteiger partial charge in [-0.25, -0.2) is 0 Å². The van der Waals surface area contributed by atoms with Crippen LogP contribution in [0.2, 0.25) is 0 Å². The van der Waals surface area contributed by atoms with E-state index in [4.69, 9.17) is 9.47 Å². The number of methoxy groups -OCH3 is 2. The fourth-order valence-electron chi connectivity index (χ4n) is 1.73. The van der Waals surface area contributed by atoms with Crippen molar-refractivity contribution >= 4 is 0 Å². The molecule has 1 N–H and O–H groups in total. The maximum absolute atomic E-state index is 10.1. The second kappa shape index (κ2) is 7.20. The van der Waals surface area contributed by atoms with Crippen molar-refractivity contribution in [2.45, 2.75) is 58.3 Å². The van der Waals surface area contributed by atoms with E-state index >= 15 is 0 Å². The Labute approximate surface area is 93.8 Å². The highest BCUT2D eigenvalue weighted by molar-refractivity contribution is 4.76. The number of hydrogen-bond acceptors (Lipinski definition) is 3. The zero-order valence-electron chi connectivity index (χ0n) is 10.7. The normalized spacial score (nSPS) is 17.8. The van der Waals surface area contributed by atoms with Gasteiger partial charge >= 0.3 is 0 Å². The van der Waals surface area contributed by atoms with Gasteiger partial charge in [0.15, 0.2) is 6.29 Å². The first kappa shape index (κ1) is 14.9. The van der Waals surface area contributed by atoms with Crippen molar-refractivity contribution in [2.24, 2.45) is 5.92 Å². The van der Waals surface area contributed by atoms with Crippen molar-refractivity contribution < 1.29 is 14.6 Å². The van der Waals surface area contributed by atoms with Crippen molar-refractivity contribution in [1.82, 2.24) is 0 Å². The van der Waals surface area contributed by atoms with Crippen LogP contribution in [0.1, 0.15) is 46.5 Å². The molecule has 0 amide bonds. The Bertz CT molecular complexity index is 153.